The van der Waals surface area contributed by atoms with Gasteiger partial charge in [-0.3, -0.25) is 9.89 Å². The van der Waals surface area contributed by atoms with Crippen molar-refractivity contribution in [1.29, 1.82) is 0 Å². The van der Waals surface area contributed by atoms with E-state index in [4.69, 9.17) is 9.15 Å². The molecule has 0 aliphatic carbocycles. The van der Waals surface area contributed by atoms with Crippen molar-refractivity contribution < 1.29 is 9.15 Å². The third kappa shape index (κ3) is 6.24. The molecular formula is C18H32N4O2S. The number of thioether (sulfide) groups is 1. The molecule has 1 saturated heterocycles. The molecule has 1 aliphatic heterocycles. The molecule has 0 spiro atoms. The van der Waals surface area contributed by atoms with Crippen LogP contribution in [0.3, 0.4) is 0 Å². The molecule has 0 saturated carbocycles. The van der Waals surface area contributed by atoms with Gasteiger partial charge >= 0.3 is 0 Å². The average Bonchev–Trinajstić information content (AvgIpc) is 3.05. The molecule has 6 nitrogen and oxygen atoms in total. The van der Waals surface area contributed by atoms with E-state index < -0.39 is 0 Å². The Morgan fingerprint density at radius 3 is 2.60 bits per heavy atom. The number of nitrogens with zero attached hydrogens (tertiary/aromatic N) is 2. The van der Waals surface area contributed by atoms with Crippen LogP contribution in [-0.4, -0.2) is 68.3 Å². The summed E-state index contributed by atoms with van der Waals surface area (Å²) in [6.07, 6.45) is 2.13. The smallest absolute Gasteiger partial charge is 0.191 e. The van der Waals surface area contributed by atoms with E-state index in [0.717, 1.165) is 56.9 Å². The van der Waals surface area contributed by atoms with Gasteiger partial charge in [0.1, 0.15) is 11.5 Å². The van der Waals surface area contributed by atoms with Crippen molar-refractivity contribution in [1.82, 2.24) is 15.5 Å². The van der Waals surface area contributed by atoms with E-state index in [1.807, 2.05) is 31.8 Å². The predicted octanol–water partition coefficient (Wildman–Crippen LogP) is 2.27. The summed E-state index contributed by atoms with van der Waals surface area (Å²) in [5.41, 5.74) is 0. The highest BCUT2D eigenvalue weighted by molar-refractivity contribution is 7.99. The normalized spacial score (nSPS) is 18.2. The Bertz CT molecular complexity index is 553. The maximum atomic E-state index is 5.91. The van der Waals surface area contributed by atoms with Crippen LogP contribution in [0.15, 0.2) is 21.5 Å². The summed E-state index contributed by atoms with van der Waals surface area (Å²) in [6.45, 7) is 11.4. The van der Waals surface area contributed by atoms with Crippen LogP contribution in [0.4, 0.5) is 0 Å². The van der Waals surface area contributed by atoms with Gasteiger partial charge in [0.2, 0.25) is 0 Å². The van der Waals surface area contributed by atoms with E-state index in [0.29, 0.717) is 0 Å². The maximum Gasteiger partial charge on any atom is 0.191 e. The first-order chi connectivity index (χ1) is 11.9. The fourth-order valence-electron chi connectivity index (χ4n) is 2.71. The van der Waals surface area contributed by atoms with E-state index in [9.17, 15) is 0 Å². The zero-order valence-electron chi connectivity index (χ0n) is 16.1. The van der Waals surface area contributed by atoms with Crippen LogP contribution in [0, 0.1) is 6.92 Å². The summed E-state index contributed by atoms with van der Waals surface area (Å²) in [4.78, 5) is 6.76. The number of morpholine rings is 1. The number of aliphatic imine (C=N–C) groups is 1. The van der Waals surface area contributed by atoms with E-state index in [1.165, 1.54) is 0 Å². The quantitative estimate of drug-likeness (QED) is 0.569. The molecule has 0 amide bonds. The molecular weight excluding hydrogens is 336 g/mol. The number of rotatable bonds is 7. The van der Waals surface area contributed by atoms with Gasteiger partial charge in [-0.1, -0.05) is 0 Å². The third-order valence-electron chi connectivity index (χ3n) is 4.50. The van der Waals surface area contributed by atoms with Crippen LogP contribution in [0.25, 0.3) is 0 Å². The fraction of sp³-hybridized carbons (Fsp3) is 0.722. The number of hydrogen-bond donors (Lipinski definition) is 2. The van der Waals surface area contributed by atoms with Crippen molar-refractivity contribution in [3.63, 3.8) is 0 Å². The van der Waals surface area contributed by atoms with Gasteiger partial charge in [-0.05, 0) is 39.2 Å². The van der Waals surface area contributed by atoms with Gasteiger partial charge in [-0.15, -0.1) is 0 Å². The standard InChI is InChI=1S/C18H32N4O2S/c1-14-6-7-16(24-14)15(22-8-10-23-11-9-22)12-20-17(19-4)21-13-18(2,3)25-5/h6-7,15H,8-13H2,1-5H3,(H2,19,20,21). The number of hydrogen-bond acceptors (Lipinski definition) is 5. The van der Waals surface area contributed by atoms with E-state index in [1.54, 1.807) is 0 Å². The molecule has 1 aromatic heterocycles. The van der Waals surface area contributed by atoms with Crippen molar-refractivity contribution in [3.8, 4) is 0 Å². The Kier molecular flexibility index (Phi) is 7.65. The number of furan rings is 1. The second-order valence-corrected chi connectivity index (χ2v) is 8.40. The fourth-order valence-corrected chi connectivity index (χ4v) is 2.93. The van der Waals surface area contributed by atoms with Gasteiger partial charge in [0.05, 0.1) is 19.3 Å². The second-order valence-electron chi connectivity index (χ2n) is 6.88. The second kappa shape index (κ2) is 9.50. The highest BCUT2D eigenvalue weighted by atomic mass is 32.2. The Hall–Kier alpha value is -1.18. The number of nitrogens with one attached hydrogen (secondary N) is 2. The van der Waals surface area contributed by atoms with Crippen LogP contribution < -0.4 is 10.6 Å². The van der Waals surface area contributed by atoms with Gasteiger partial charge < -0.3 is 19.8 Å². The first kappa shape index (κ1) is 20.1. The molecule has 1 aliphatic rings. The highest BCUT2D eigenvalue weighted by Crippen LogP contribution is 2.23. The molecule has 1 unspecified atom stereocenters. The third-order valence-corrected chi connectivity index (χ3v) is 5.75. The van der Waals surface area contributed by atoms with Crippen LogP contribution >= 0.6 is 11.8 Å². The lowest BCUT2D eigenvalue weighted by molar-refractivity contribution is 0.0124. The maximum absolute atomic E-state index is 5.91. The number of aryl methyl sites for hydroxylation is 1. The zero-order chi connectivity index (χ0) is 18.3. The lowest BCUT2D eigenvalue weighted by Gasteiger charge is -2.34. The summed E-state index contributed by atoms with van der Waals surface area (Å²) in [5, 5.41) is 6.88. The molecule has 1 atom stereocenters. The summed E-state index contributed by atoms with van der Waals surface area (Å²) < 4.78 is 11.6. The molecule has 1 fully saturated rings. The molecule has 2 rings (SSSR count). The SMILES string of the molecule is CN=C(NCC(c1ccc(C)o1)N1CCOCC1)NCC(C)(C)SC. The lowest BCUT2D eigenvalue weighted by atomic mass is 10.1. The van der Waals surface area contributed by atoms with Crippen molar-refractivity contribution >= 4 is 17.7 Å². The Balaban J connectivity index is 1.98. The van der Waals surface area contributed by atoms with Crippen molar-refractivity contribution in [2.45, 2.75) is 31.6 Å². The topological polar surface area (TPSA) is 62.0 Å². The van der Waals surface area contributed by atoms with E-state index >= 15 is 0 Å². The Morgan fingerprint density at radius 2 is 2.04 bits per heavy atom. The Morgan fingerprint density at radius 1 is 1.32 bits per heavy atom. The molecule has 25 heavy (non-hydrogen) atoms. The van der Waals surface area contributed by atoms with Gasteiger partial charge in [0.25, 0.3) is 0 Å². The first-order valence-electron chi connectivity index (χ1n) is 8.83. The molecule has 0 radical (unpaired) electrons. The summed E-state index contributed by atoms with van der Waals surface area (Å²) in [6, 6.07) is 4.27. The van der Waals surface area contributed by atoms with Gasteiger partial charge in [0, 0.05) is 38.0 Å². The minimum atomic E-state index is 0.166. The molecule has 142 valence electrons. The zero-order valence-corrected chi connectivity index (χ0v) is 16.9. The largest absolute Gasteiger partial charge is 0.465 e. The van der Waals surface area contributed by atoms with Crippen LogP contribution in [0.5, 0.6) is 0 Å². The summed E-state index contributed by atoms with van der Waals surface area (Å²) in [7, 11) is 1.81. The molecule has 2 heterocycles. The average molecular weight is 369 g/mol. The summed E-state index contributed by atoms with van der Waals surface area (Å²) in [5.74, 6) is 2.76. The van der Waals surface area contributed by atoms with Gasteiger partial charge in [-0.2, -0.15) is 11.8 Å². The van der Waals surface area contributed by atoms with Crippen molar-refractivity contribution in [3.05, 3.63) is 23.7 Å². The number of guanidine groups is 1. The van der Waals surface area contributed by atoms with Crippen LogP contribution in [-0.2, 0) is 4.74 Å². The molecule has 2 N–H and O–H groups in total. The van der Waals surface area contributed by atoms with Crippen LogP contribution in [0.1, 0.15) is 31.4 Å². The molecule has 0 aromatic carbocycles. The van der Waals surface area contributed by atoms with Crippen LogP contribution in [0.2, 0.25) is 0 Å². The predicted molar refractivity (Wildman–Crippen MR) is 106 cm³/mol. The molecule has 7 heteroatoms. The van der Waals surface area contributed by atoms with Crippen molar-refractivity contribution in [2.24, 2.45) is 4.99 Å². The number of ether oxygens (including phenoxy) is 1. The minimum absolute atomic E-state index is 0.166. The monoisotopic (exact) mass is 368 g/mol. The van der Waals surface area contributed by atoms with Gasteiger partial charge in [-0.25, -0.2) is 0 Å². The molecule has 1 aromatic rings. The van der Waals surface area contributed by atoms with Gasteiger partial charge in [0.15, 0.2) is 5.96 Å². The van der Waals surface area contributed by atoms with E-state index in [-0.39, 0.29) is 10.8 Å². The van der Waals surface area contributed by atoms with Crippen molar-refractivity contribution in [2.75, 3.05) is 52.7 Å². The Labute approximate surface area is 155 Å². The minimum Gasteiger partial charge on any atom is -0.465 e. The van der Waals surface area contributed by atoms with E-state index in [2.05, 4.69) is 46.7 Å². The first-order valence-corrected chi connectivity index (χ1v) is 10.1. The molecule has 0 bridgehead atoms. The summed E-state index contributed by atoms with van der Waals surface area (Å²) >= 11 is 1.84. The lowest BCUT2D eigenvalue weighted by Crippen LogP contribution is -2.48. The highest BCUT2D eigenvalue weighted by Gasteiger charge is 2.25.